The number of fused-ring (bicyclic) bond motifs is 4. The summed E-state index contributed by atoms with van der Waals surface area (Å²) in [5, 5.41) is 6.73. The van der Waals surface area contributed by atoms with Crippen molar-refractivity contribution in [2.24, 2.45) is 0 Å². The lowest BCUT2D eigenvalue weighted by atomic mass is 9.69. The van der Waals surface area contributed by atoms with Crippen molar-refractivity contribution < 1.29 is 0 Å². The van der Waals surface area contributed by atoms with Crippen LogP contribution in [0.4, 0.5) is 0 Å². The molecule has 5 nitrogen and oxygen atoms in total. The Hall–Kier alpha value is -2.43. The predicted molar refractivity (Wildman–Crippen MR) is 80.4 cm³/mol. The zero-order valence-corrected chi connectivity index (χ0v) is 12.1. The van der Waals surface area contributed by atoms with Gasteiger partial charge in [0.2, 0.25) is 5.78 Å². The zero-order chi connectivity index (χ0) is 14.6. The number of benzene rings is 1. The maximum Gasteiger partial charge on any atom is 0.264 e. The van der Waals surface area contributed by atoms with E-state index in [0.29, 0.717) is 5.78 Å². The Morgan fingerprint density at radius 1 is 1.38 bits per heavy atom. The molecule has 1 unspecified atom stereocenters. The summed E-state index contributed by atoms with van der Waals surface area (Å²) in [6.45, 7) is 4.28. The first kappa shape index (κ1) is 12.3. The first-order chi connectivity index (χ1) is 10.1. The molecule has 0 aliphatic heterocycles. The van der Waals surface area contributed by atoms with Crippen LogP contribution in [0.15, 0.2) is 35.4 Å². The average molecular weight is 280 g/mol. The summed E-state index contributed by atoms with van der Waals surface area (Å²) in [4.78, 5) is 17.5. The first-order valence-electron chi connectivity index (χ1n) is 7.18. The van der Waals surface area contributed by atoms with Crippen molar-refractivity contribution in [3.63, 3.8) is 0 Å². The standard InChI is InChI=1S/C16H16N4O/c1-3-16(2)8-10-6-4-5-7-11(10)13-12(16)14(21)20-9-17-19-15(20)18-13/h4-7,9H,3,8H2,1-2H3,(H,18,19). The summed E-state index contributed by atoms with van der Waals surface area (Å²) in [5.74, 6) is 0.494. The lowest BCUT2D eigenvalue weighted by Crippen LogP contribution is -2.37. The Kier molecular flexibility index (Phi) is 2.37. The predicted octanol–water partition coefficient (Wildman–Crippen LogP) is 2.31. The van der Waals surface area contributed by atoms with Crippen molar-refractivity contribution >= 4 is 5.78 Å². The largest absolute Gasteiger partial charge is 0.268 e. The van der Waals surface area contributed by atoms with Crippen LogP contribution in [0.2, 0.25) is 0 Å². The Balaban J connectivity index is 2.19. The summed E-state index contributed by atoms with van der Waals surface area (Å²) in [6, 6.07) is 8.21. The second kappa shape index (κ2) is 4.04. The molecule has 0 fully saturated rings. The fourth-order valence-corrected chi connectivity index (χ4v) is 3.32. The van der Waals surface area contributed by atoms with Crippen LogP contribution in [-0.4, -0.2) is 19.6 Å². The summed E-state index contributed by atoms with van der Waals surface area (Å²) < 4.78 is 1.50. The Labute approximate surface area is 121 Å². The number of aromatic amines is 1. The average Bonchev–Trinajstić information content (AvgIpc) is 2.96. The number of rotatable bonds is 1. The van der Waals surface area contributed by atoms with Crippen molar-refractivity contribution in [1.29, 1.82) is 0 Å². The number of hydrogen-bond acceptors (Lipinski definition) is 3. The second-order valence-electron chi connectivity index (χ2n) is 5.94. The van der Waals surface area contributed by atoms with E-state index >= 15 is 0 Å². The lowest BCUT2D eigenvalue weighted by molar-refractivity contribution is 0.440. The van der Waals surface area contributed by atoms with Crippen LogP contribution >= 0.6 is 0 Å². The van der Waals surface area contributed by atoms with Gasteiger partial charge in [-0.2, -0.15) is 5.10 Å². The molecule has 4 rings (SSSR count). The molecular weight excluding hydrogens is 264 g/mol. The number of aromatic nitrogens is 4. The van der Waals surface area contributed by atoms with Gasteiger partial charge in [0.15, 0.2) is 0 Å². The van der Waals surface area contributed by atoms with Crippen molar-refractivity contribution in [3.05, 3.63) is 52.1 Å². The highest BCUT2D eigenvalue weighted by Gasteiger charge is 2.37. The van der Waals surface area contributed by atoms with Crippen molar-refractivity contribution in [2.45, 2.75) is 32.1 Å². The number of H-pyrrole nitrogens is 1. The molecule has 21 heavy (non-hydrogen) atoms. The van der Waals surface area contributed by atoms with E-state index in [0.717, 1.165) is 29.7 Å². The topological polar surface area (TPSA) is 63.1 Å². The molecule has 1 N–H and O–H groups in total. The van der Waals surface area contributed by atoms with E-state index in [-0.39, 0.29) is 11.0 Å². The van der Waals surface area contributed by atoms with Crippen LogP contribution in [0.3, 0.4) is 0 Å². The van der Waals surface area contributed by atoms with Gasteiger partial charge in [0.05, 0.1) is 11.3 Å². The van der Waals surface area contributed by atoms with Crippen LogP contribution < -0.4 is 5.56 Å². The molecule has 1 aromatic carbocycles. The number of nitrogens with zero attached hydrogens (tertiary/aromatic N) is 3. The van der Waals surface area contributed by atoms with Crippen LogP contribution in [0, 0.1) is 0 Å². The van der Waals surface area contributed by atoms with Gasteiger partial charge in [-0.15, -0.1) is 0 Å². The molecule has 5 heteroatoms. The quantitative estimate of drug-likeness (QED) is 0.744. The van der Waals surface area contributed by atoms with Crippen molar-refractivity contribution in [3.8, 4) is 11.3 Å². The van der Waals surface area contributed by atoms with Crippen LogP contribution in [0.25, 0.3) is 17.0 Å². The van der Waals surface area contributed by atoms with E-state index in [1.54, 1.807) is 0 Å². The van der Waals surface area contributed by atoms with Gasteiger partial charge in [-0.05, 0) is 18.4 Å². The van der Waals surface area contributed by atoms with E-state index in [9.17, 15) is 4.79 Å². The first-order valence-corrected chi connectivity index (χ1v) is 7.18. The minimum absolute atomic E-state index is 0.0115. The van der Waals surface area contributed by atoms with Crippen LogP contribution in [0.5, 0.6) is 0 Å². The van der Waals surface area contributed by atoms with E-state index in [2.05, 4.69) is 35.1 Å². The van der Waals surface area contributed by atoms with Crippen LogP contribution in [-0.2, 0) is 11.8 Å². The second-order valence-corrected chi connectivity index (χ2v) is 5.94. The summed E-state index contributed by atoms with van der Waals surface area (Å²) in [7, 11) is 0. The molecule has 2 aromatic heterocycles. The molecule has 0 spiro atoms. The van der Waals surface area contributed by atoms with Gasteiger partial charge in [0.25, 0.3) is 5.56 Å². The van der Waals surface area contributed by atoms with Crippen molar-refractivity contribution in [2.75, 3.05) is 0 Å². The SMILES string of the molecule is CCC1(C)Cc2ccccc2-c2nc3[nH]ncn3c(=O)c21. The molecular formula is C16H16N4O. The Morgan fingerprint density at radius 3 is 3.00 bits per heavy atom. The van der Waals surface area contributed by atoms with E-state index in [1.807, 2.05) is 18.2 Å². The van der Waals surface area contributed by atoms with Crippen molar-refractivity contribution in [1.82, 2.24) is 19.6 Å². The molecule has 1 aliphatic carbocycles. The highest BCUT2D eigenvalue weighted by Crippen LogP contribution is 2.42. The number of nitrogens with one attached hydrogen (secondary N) is 1. The van der Waals surface area contributed by atoms with Gasteiger partial charge in [-0.3, -0.25) is 4.79 Å². The Morgan fingerprint density at radius 2 is 2.19 bits per heavy atom. The molecule has 106 valence electrons. The molecule has 0 bridgehead atoms. The monoisotopic (exact) mass is 280 g/mol. The zero-order valence-electron chi connectivity index (χ0n) is 12.1. The molecule has 0 saturated heterocycles. The maximum absolute atomic E-state index is 12.9. The minimum atomic E-state index is -0.188. The number of hydrogen-bond donors (Lipinski definition) is 1. The maximum atomic E-state index is 12.9. The van der Waals surface area contributed by atoms with E-state index < -0.39 is 0 Å². The Bertz CT molecular complexity index is 908. The molecule has 0 amide bonds. The summed E-state index contributed by atoms with van der Waals surface area (Å²) in [6.07, 6.45) is 3.27. The molecule has 0 radical (unpaired) electrons. The summed E-state index contributed by atoms with van der Waals surface area (Å²) in [5.41, 5.74) is 3.73. The van der Waals surface area contributed by atoms with Gasteiger partial charge in [-0.1, -0.05) is 38.1 Å². The highest BCUT2D eigenvalue weighted by atomic mass is 16.1. The lowest BCUT2D eigenvalue weighted by Gasteiger charge is -2.34. The molecule has 0 saturated carbocycles. The fourth-order valence-electron chi connectivity index (χ4n) is 3.32. The third-order valence-corrected chi connectivity index (χ3v) is 4.69. The summed E-state index contributed by atoms with van der Waals surface area (Å²) >= 11 is 0. The third kappa shape index (κ3) is 1.54. The van der Waals surface area contributed by atoms with Gasteiger partial charge in [0, 0.05) is 11.0 Å². The third-order valence-electron chi connectivity index (χ3n) is 4.69. The van der Waals surface area contributed by atoms with Gasteiger partial charge < -0.3 is 0 Å². The molecule has 1 aliphatic rings. The van der Waals surface area contributed by atoms with Gasteiger partial charge in [-0.25, -0.2) is 14.5 Å². The van der Waals surface area contributed by atoms with E-state index in [1.165, 1.54) is 16.3 Å². The smallest absolute Gasteiger partial charge is 0.264 e. The highest BCUT2D eigenvalue weighted by molar-refractivity contribution is 5.72. The minimum Gasteiger partial charge on any atom is -0.268 e. The molecule has 1 atom stereocenters. The molecule has 3 aromatic rings. The van der Waals surface area contributed by atoms with E-state index in [4.69, 9.17) is 0 Å². The van der Waals surface area contributed by atoms with Gasteiger partial charge >= 0.3 is 0 Å². The normalized spacial score (nSPS) is 20.3. The molecule has 2 heterocycles. The van der Waals surface area contributed by atoms with Crippen LogP contribution in [0.1, 0.15) is 31.4 Å². The van der Waals surface area contributed by atoms with Gasteiger partial charge in [0.1, 0.15) is 6.33 Å². The fraction of sp³-hybridized carbons (Fsp3) is 0.312.